The van der Waals surface area contributed by atoms with Crippen LogP contribution in [-0.4, -0.2) is 51.9 Å². The van der Waals surface area contributed by atoms with Gasteiger partial charge in [0.25, 0.3) is 18.2 Å². The first kappa shape index (κ1) is 23.7. The molecule has 0 bridgehead atoms. The van der Waals surface area contributed by atoms with E-state index in [4.69, 9.17) is 5.21 Å². The summed E-state index contributed by atoms with van der Waals surface area (Å²) in [6.07, 6.45) is 0.402. The number of aliphatic hydroxyl groups is 2. The van der Waals surface area contributed by atoms with E-state index in [1.807, 2.05) is 5.32 Å². The highest BCUT2D eigenvalue weighted by Crippen LogP contribution is 2.28. The molecule has 30 heavy (non-hydrogen) atoms. The van der Waals surface area contributed by atoms with Gasteiger partial charge in [-0.1, -0.05) is 11.8 Å². The number of carbonyl (C=O) groups is 2. The van der Waals surface area contributed by atoms with Crippen LogP contribution in [0.2, 0.25) is 0 Å². The smallest absolute Gasteiger partial charge is 0.269 e. The van der Waals surface area contributed by atoms with E-state index in [0.29, 0.717) is 18.4 Å². The highest BCUT2D eigenvalue weighted by Gasteiger charge is 2.46. The fourth-order valence-corrected chi connectivity index (χ4v) is 3.26. The number of hydrogen-bond acceptors (Lipinski definition) is 5. The molecule has 0 heterocycles. The van der Waals surface area contributed by atoms with Crippen LogP contribution in [0.25, 0.3) is 0 Å². The summed E-state index contributed by atoms with van der Waals surface area (Å²) in [6, 6.07) is 3.96. The second-order valence-corrected chi connectivity index (χ2v) is 7.66. The summed E-state index contributed by atoms with van der Waals surface area (Å²) in [7, 11) is 0. The predicted octanol–water partition coefficient (Wildman–Crippen LogP) is 1.46. The molecule has 1 fully saturated rings. The molecule has 5 N–H and O–H groups in total. The minimum absolute atomic E-state index is 0.0739. The number of halogens is 2. The summed E-state index contributed by atoms with van der Waals surface area (Å²) in [6.45, 7) is 0.891. The lowest BCUT2D eigenvalue weighted by molar-refractivity contribution is -0.149. The number of benzene rings is 1. The largest absolute Gasteiger partial charge is 0.396 e. The monoisotopic (exact) mass is 424 g/mol. The van der Waals surface area contributed by atoms with Crippen molar-refractivity contribution in [1.82, 2.24) is 10.8 Å². The normalized spacial score (nSPS) is 21.7. The first-order chi connectivity index (χ1) is 14.2. The minimum Gasteiger partial charge on any atom is -0.396 e. The molecule has 1 aliphatic rings. The van der Waals surface area contributed by atoms with Crippen LogP contribution in [0.3, 0.4) is 0 Å². The Kier molecular flexibility index (Phi) is 8.29. The third kappa shape index (κ3) is 5.98. The summed E-state index contributed by atoms with van der Waals surface area (Å²) in [5.74, 6) is 4.60. The van der Waals surface area contributed by atoms with Gasteiger partial charge in [-0.25, -0.2) is 14.3 Å². The van der Waals surface area contributed by atoms with Crippen LogP contribution in [0, 0.1) is 23.7 Å². The molecule has 2 amide bonds. The van der Waals surface area contributed by atoms with E-state index in [1.165, 1.54) is 17.6 Å². The van der Waals surface area contributed by atoms with Gasteiger partial charge in [-0.3, -0.25) is 14.8 Å². The van der Waals surface area contributed by atoms with Gasteiger partial charge >= 0.3 is 0 Å². The summed E-state index contributed by atoms with van der Waals surface area (Å²) in [4.78, 5) is 24.0. The average molecular weight is 424 g/mol. The Morgan fingerprint density at radius 2 is 1.80 bits per heavy atom. The van der Waals surface area contributed by atoms with Crippen molar-refractivity contribution in [2.75, 3.05) is 6.61 Å². The number of rotatable bonds is 6. The van der Waals surface area contributed by atoms with Gasteiger partial charge in [0.1, 0.15) is 6.04 Å². The van der Waals surface area contributed by atoms with Gasteiger partial charge in [0.2, 0.25) is 0 Å². The Balaban J connectivity index is 2.04. The number of carbonyl (C=O) groups excluding carboxylic acids is 2. The Hall–Kier alpha value is -2.54. The van der Waals surface area contributed by atoms with Crippen molar-refractivity contribution in [3.05, 3.63) is 35.4 Å². The predicted molar refractivity (Wildman–Crippen MR) is 104 cm³/mol. The van der Waals surface area contributed by atoms with Crippen molar-refractivity contribution < 1.29 is 33.8 Å². The molecular formula is C21H26F2N2O5. The van der Waals surface area contributed by atoms with E-state index < -0.39 is 29.9 Å². The molecule has 0 saturated heterocycles. The summed E-state index contributed by atoms with van der Waals surface area (Å²) in [5.41, 5.74) is -0.978. The molecule has 2 rings (SSSR count). The van der Waals surface area contributed by atoms with Crippen molar-refractivity contribution in [3.63, 3.8) is 0 Å². The highest BCUT2D eigenvalue weighted by molar-refractivity contribution is 5.97. The Bertz CT molecular complexity index is 794. The topological polar surface area (TPSA) is 119 Å². The van der Waals surface area contributed by atoms with E-state index in [2.05, 4.69) is 11.8 Å². The number of alkyl halides is 2. The first-order valence-corrected chi connectivity index (χ1v) is 9.66. The van der Waals surface area contributed by atoms with Crippen molar-refractivity contribution in [2.24, 2.45) is 11.8 Å². The Morgan fingerprint density at radius 3 is 2.30 bits per heavy atom. The maximum Gasteiger partial charge on any atom is 0.269 e. The summed E-state index contributed by atoms with van der Waals surface area (Å²) < 4.78 is 26.1. The first-order valence-electron chi connectivity index (χ1n) is 9.66. The van der Waals surface area contributed by atoms with Gasteiger partial charge in [-0.15, -0.1) is 0 Å². The van der Waals surface area contributed by atoms with E-state index in [1.54, 1.807) is 12.1 Å². The summed E-state index contributed by atoms with van der Waals surface area (Å²) >= 11 is 0. The van der Waals surface area contributed by atoms with E-state index in [0.717, 1.165) is 25.7 Å². The van der Waals surface area contributed by atoms with Crippen LogP contribution >= 0.6 is 0 Å². The highest BCUT2D eigenvalue weighted by atomic mass is 19.3. The van der Waals surface area contributed by atoms with E-state index in [9.17, 15) is 28.6 Å². The lowest BCUT2D eigenvalue weighted by Gasteiger charge is -2.30. The molecular weight excluding hydrogens is 398 g/mol. The second kappa shape index (κ2) is 10.5. The zero-order valence-electron chi connectivity index (χ0n) is 16.6. The Morgan fingerprint density at radius 1 is 1.20 bits per heavy atom. The van der Waals surface area contributed by atoms with Gasteiger partial charge in [0.15, 0.2) is 5.60 Å². The molecule has 1 aromatic carbocycles. The fourth-order valence-electron chi connectivity index (χ4n) is 3.26. The molecule has 0 aromatic heterocycles. The summed E-state index contributed by atoms with van der Waals surface area (Å²) in [5, 5.41) is 29.8. The lowest BCUT2D eigenvalue weighted by atomic mass is 9.83. The standard InChI is InChI=1S/C21H26F2N2O5/c1-21(29,20(22)23)17(19(28)25-30)24-18(27)16-10-8-14(9-11-16)3-2-13-4-6-15(12-26)7-5-13/h8-11,13,15,17,20,26,29-30H,4-7,12H2,1H3,(H,24,27)(H,25,28)/t13?,15?,17-,21+/m1/s1. The number of hydroxylamine groups is 1. The molecule has 7 nitrogen and oxygen atoms in total. The molecule has 0 unspecified atom stereocenters. The molecule has 164 valence electrons. The number of aliphatic hydroxyl groups excluding tert-OH is 1. The van der Waals surface area contributed by atoms with Crippen LogP contribution in [0.15, 0.2) is 24.3 Å². The van der Waals surface area contributed by atoms with Crippen LogP contribution in [0.5, 0.6) is 0 Å². The molecule has 9 heteroatoms. The van der Waals surface area contributed by atoms with Crippen LogP contribution in [0.4, 0.5) is 8.78 Å². The maximum absolute atomic E-state index is 13.1. The quantitative estimate of drug-likeness (QED) is 0.269. The average Bonchev–Trinajstić information content (AvgIpc) is 2.75. The zero-order chi connectivity index (χ0) is 22.3. The molecule has 0 radical (unpaired) electrons. The molecule has 1 aromatic rings. The lowest BCUT2D eigenvalue weighted by Crippen LogP contribution is -2.61. The molecule has 1 aliphatic carbocycles. The number of hydrogen-bond donors (Lipinski definition) is 5. The van der Waals surface area contributed by atoms with Crippen molar-refractivity contribution in [2.45, 2.75) is 50.7 Å². The van der Waals surface area contributed by atoms with Crippen LogP contribution < -0.4 is 10.8 Å². The van der Waals surface area contributed by atoms with Crippen molar-refractivity contribution in [3.8, 4) is 11.8 Å². The van der Waals surface area contributed by atoms with Crippen molar-refractivity contribution >= 4 is 11.8 Å². The van der Waals surface area contributed by atoms with Gasteiger partial charge < -0.3 is 15.5 Å². The van der Waals surface area contributed by atoms with Crippen LogP contribution in [-0.2, 0) is 4.79 Å². The van der Waals surface area contributed by atoms with Gasteiger partial charge in [-0.2, -0.15) is 0 Å². The third-order valence-corrected chi connectivity index (χ3v) is 5.35. The SMILES string of the molecule is C[C@@](O)(C(F)F)[C@H](NC(=O)c1ccc(C#CC2CCC(CO)CC2)cc1)C(=O)NO. The molecule has 2 atom stereocenters. The second-order valence-electron chi connectivity index (χ2n) is 7.66. The molecule has 0 aliphatic heterocycles. The number of amides is 2. The van der Waals surface area contributed by atoms with E-state index >= 15 is 0 Å². The van der Waals surface area contributed by atoms with Gasteiger partial charge in [-0.05, 0) is 62.8 Å². The zero-order valence-corrected chi connectivity index (χ0v) is 16.6. The number of nitrogens with one attached hydrogen (secondary N) is 2. The van der Waals surface area contributed by atoms with Gasteiger partial charge in [0, 0.05) is 23.7 Å². The maximum atomic E-state index is 13.1. The Labute approximate surface area is 173 Å². The van der Waals surface area contributed by atoms with Crippen molar-refractivity contribution in [1.29, 1.82) is 0 Å². The van der Waals surface area contributed by atoms with E-state index in [-0.39, 0.29) is 18.1 Å². The third-order valence-electron chi connectivity index (χ3n) is 5.35. The molecule has 1 saturated carbocycles. The minimum atomic E-state index is -3.34. The molecule has 0 spiro atoms. The van der Waals surface area contributed by atoms with Crippen LogP contribution in [0.1, 0.15) is 48.5 Å². The fraction of sp³-hybridized carbons (Fsp3) is 0.524. The van der Waals surface area contributed by atoms with Gasteiger partial charge in [0.05, 0.1) is 0 Å².